The van der Waals surface area contributed by atoms with Crippen molar-refractivity contribution in [3.63, 3.8) is 0 Å². The molecule has 60 valence electrons. The van der Waals surface area contributed by atoms with Crippen molar-refractivity contribution in [2.75, 3.05) is 0 Å². The first-order valence-electron chi connectivity index (χ1n) is 2.92. The fraction of sp³-hybridized carbons (Fsp3) is 0.143. The highest BCUT2D eigenvalue weighted by molar-refractivity contribution is 14.2. The zero-order chi connectivity index (χ0) is 8.27. The summed E-state index contributed by atoms with van der Waals surface area (Å²) in [6.07, 6.45) is 4.55. The van der Waals surface area contributed by atoms with E-state index in [-0.39, 0.29) is 9.80 Å². The Morgan fingerprint density at radius 3 is 3.00 bits per heavy atom. The summed E-state index contributed by atoms with van der Waals surface area (Å²) in [5.41, 5.74) is 0. The molecule has 0 spiro atoms. The number of allylic oxidation sites excluding steroid dienone is 2. The number of ether oxygens (including phenoxy) is 1. The summed E-state index contributed by atoms with van der Waals surface area (Å²) < 4.78 is 17.5. The molecule has 1 heterocycles. The number of carbonyl (C=O) groups excluding carboxylic acids is 1. The van der Waals surface area contributed by atoms with Gasteiger partial charge in [0.25, 0.3) is 0 Å². The Hall–Kier alpha value is -0.520. The first kappa shape index (κ1) is 8.58. The maximum atomic E-state index is 12.5. The van der Waals surface area contributed by atoms with E-state index in [4.69, 9.17) is 4.74 Å². The largest absolute Gasteiger partial charge is 0.420 e. The third-order valence-electron chi connectivity index (χ3n) is 0.874. The minimum Gasteiger partial charge on any atom is -0.420 e. The molecule has 2 nitrogen and oxygen atoms in total. The summed E-state index contributed by atoms with van der Waals surface area (Å²) in [5.74, 6) is -0.390. The molecule has 0 aromatic heterocycles. The fourth-order valence-electron chi connectivity index (χ4n) is 0.539. The van der Waals surface area contributed by atoms with Crippen LogP contribution in [0.25, 0.3) is 0 Å². The average Bonchev–Trinajstić information content (AvgIpc) is 1.85. The van der Waals surface area contributed by atoms with Gasteiger partial charge in [0.15, 0.2) is 7.53 Å². The molecule has 11 heavy (non-hydrogen) atoms. The molecule has 0 aromatic rings. The van der Waals surface area contributed by atoms with Gasteiger partial charge in [0.2, 0.25) is 0 Å². The predicted molar refractivity (Wildman–Crippen MR) is 49.1 cm³/mol. The second-order valence-electron chi connectivity index (χ2n) is 1.81. The van der Waals surface area contributed by atoms with E-state index < -0.39 is 20.7 Å². The Kier molecular flexibility index (Phi) is 2.92. The van der Waals surface area contributed by atoms with Crippen molar-refractivity contribution < 1.29 is 13.9 Å². The minimum atomic E-state index is -0.866. The topological polar surface area (TPSA) is 26.3 Å². The lowest BCUT2D eigenvalue weighted by Gasteiger charge is -2.01. The highest BCUT2D eigenvalue weighted by Gasteiger charge is 2.03. The molecule has 0 amide bonds. The van der Waals surface area contributed by atoms with Crippen LogP contribution in [0.5, 0.6) is 0 Å². The van der Waals surface area contributed by atoms with Crippen molar-refractivity contribution in [3.05, 3.63) is 22.1 Å². The van der Waals surface area contributed by atoms with Gasteiger partial charge < -0.3 is 4.74 Å². The van der Waals surface area contributed by atoms with Gasteiger partial charge >= 0.3 is 5.97 Å². The number of hydrogen-bond donors (Lipinski definition) is 0. The van der Waals surface area contributed by atoms with E-state index in [0.717, 1.165) is 0 Å². The van der Waals surface area contributed by atoms with Crippen molar-refractivity contribution in [2.45, 2.75) is 6.92 Å². The smallest absolute Gasteiger partial charge is 0.308 e. The summed E-state index contributed by atoms with van der Waals surface area (Å²) >= 11 is -0.866. The maximum absolute atomic E-state index is 12.5. The molecule has 1 rings (SSSR count). The van der Waals surface area contributed by atoms with Crippen LogP contribution in [0.4, 0.5) is 4.39 Å². The van der Waals surface area contributed by atoms with Crippen LogP contribution >= 0.6 is 20.7 Å². The van der Waals surface area contributed by atoms with Crippen LogP contribution in [-0.2, 0) is 9.53 Å². The molecule has 0 radical (unpaired) electrons. The lowest BCUT2D eigenvalue weighted by Crippen LogP contribution is -2.04. The maximum Gasteiger partial charge on any atom is 0.308 e. The molecule has 0 fully saturated rings. The highest BCUT2D eigenvalue weighted by atomic mass is 127. The summed E-state index contributed by atoms with van der Waals surface area (Å²) in [5, 5.41) is 0. The SMILES string of the molecule is CC(=O)OC1=IC(F)=CC=C1. The molecule has 1 aliphatic rings. The highest BCUT2D eigenvalue weighted by Crippen LogP contribution is 2.21. The van der Waals surface area contributed by atoms with E-state index in [2.05, 4.69) is 0 Å². The lowest BCUT2D eigenvalue weighted by molar-refractivity contribution is -0.132. The van der Waals surface area contributed by atoms with Gasteiger partial charge in [-0.1, -0.05) is 6.08 Å². The Bertz CT molecular complexity index is 266. The van der Waals surface area contributed by atoms with Gasteiger partial charge in [-0.15, -0.1) is 0 Å². The van der Waals surface area contributed by atoms with Crippen LogP contribution in [0.3, 0.4) is 0 Å². The predicted octanol–water partition coefficient (Wildman–Crippen LogP) is 2.03. The molecular weight excluding hydrogens is 262 g/mol. The van der Waals surface area contributed by atoms with Gasteiger partial charge in [-0.25, -0.2) is 4.39 Å². The van der Waals surface area contributed by atoms with E-state index >= 15 is 0 Å². The normalized spacial score (nSPS) is 16.2. The van der Waals surface area contributed by atoms with Gasteiger partial charge in [0.1, 0.15) is 0 Å². The molecule has 0 bridgehead atoms. The number of hydrogen-bond acceptors (Lipinski definition) is 2. The summed E-state index contributed by atoms with van der Waals surface area (Å²) in [7, 11) is 0. The van der Waals surface area contributed by atoms with Crippen molar-refractivity contribution in [2.24, 2.45) is 0 Å². The molecule has 0 N–H and O–H groups in total. The first-order chi connectivity index (χ1) is 5.18. The minimum absolute atomic E-state index is 0.178. The Morgan fingerprint density at radius 1 is 1.73 bits per heavy atom. The van der Waals surface area contributed by atoms with Gasteiger partial charge in [-0.2, -0.15) is 0 Å². The van der Waals surface area contributed by atoms with E-state index in [0.29, 0.717) is 3.69 Å². The third-order valence-corrected chi connectivity index (χ3v) is 2.86. The molecular formula is C7H6FIO2. The van der Waals surface area contributed by atoms with E-state index in [1.807, 2.05) is 0 Å². The number of esters is 1. The number of rotatable bonds is 1. The zero-order valence-corrected chi connectivity index (χ0v) is 7.96. The van der Waals surface area contributed by atoms with Crippen LogP contribution in [0.15, 0.2) is 22.1 Å². The van der Waals surface area contributed by atoms with Crippen molar-refractivity contribution >= 4 is 30.4 Å². The van der Waals surface area contributed by atoms with Crippen LogP contribution in [0.1, 0.15) is 6.92 Å². The van der Waals surface area contributed by atoms with Gasteiger partial charge in [-0.05, 0) is 32.9 Å². The third kappa shape index (κ3) is 2.92. The second-order valence-corrected chi connectivity index (χ2v) is 4.44. The summed E-state index contributed by atoms with van der Waals surface area (Å²) in [6.45, 7) is 1.31. The second kappa shape index (κ2) is 3.75. The molecule has 0 unspecified atom stereocenters. The number of halogens is 2. The van der Waals surface area contributed by atoms with E-state index in [1.165, 1.54) is 19.1 Å². The summed E-state index contributed by atoms with van der Waals surface area (Å²) in [6, 6.07) is 0. The van der Waals surface area contributed by atoms with Crippen LogP contribution < -0.4 is 0 Å². The van der Waals surface area contributed by atoms with Gasteiger partial charge in [-0.3, -0.25) is 4.79 Å². The van der Waals surface area contributed by atoms with E-state index in [9.17, 15) is 9.18 Å². The summed E-state index contributed by atoms with van der Waals surface area (Å²) in [4.78, 5) is 10.4. The lowest BCUT2D eigenvalue weighted by atomic mass is 10.5. The fourth-order valence-corrected chi connectivity index (χ4v) is 2.24. The Labute approximate surface area is 73.5 Å². The molecule has 0 saturated carbocycles. The monoisotopic (exact) mass is 268 g/mol. The van der Waals surface area contributed by atoms with Crippen LogP contribution in [0.2, 0.25) is 0 Å². The van der Waals surface area contributed by atoms with Crippen molar-refractivity contribution in [1.82, 2.24) is 0 Å². The molecule has 4 heteroatoms. The Balaban J connectivity index is 2.68. The molecule has 0 aromatic carbocycles. The van der Waals surface area contributed by atoms with E-state index in [1.54, 1.807) is 6.08 Å². The van der Waals surface area contributed by atoms with Gasteiger partial charge in [0, 0.05) is 6.92 Å². The van der Waals surface area contributed by atoms with Crippen LogP contribution in [-0.4, -0.2) is 9.66 Å². The van der Waals surface area contributed by atoms with Gasteiger partial charge in [0.05, 0.1) is 0 Å². The van der Waals surface area contributed by atoms with Crippen molar-refractivity contribution in [1.29, 1.82) is 0 Å². The van der Waals surface area contributed by atoms with Crippen molar-refractivity contribution in [3.8, 4) is 0 Å². The quantitative estimate of drug-likeness (QED) is 0.537. The molecule has 0 aliphatic carbocycles. The average molecular weight is 268 g/mol. The molecule has 0 saturated heterocycles. The Morgan fingerprint density at radius 2 is 2.45 bits per heavy atom. The van der Waals surface area contributed by atoms with Crippen LogP contribution in [0, 0.1) is 0 Å². The first-order valence-corrected chi connectivity index (χ1v) is 5.08. The zero-order valence-electron chi connectivity index (χ0n) is 5.80. The number of carbonyl (C=O) groups is 1. The standard InChI is InChI=1S/C7H6FIO2/c1-5(10)11-7-4-2-3-6(8)9-7/h2-4H,1H3. The molecule has 0 atom stereocenters. The molecule has 1 aliphatic heterocycles.